The van der Waals surface area contributed by atoms with Gasteiger partial charge in [0.05, 0.1) is 6.54 Å². The Morgan fingerprint density at radius 3 is 2.30 bits per heavy atom. The quantitative estimate of drug-likeness (QED) is 0.820. The predicted molar refractivity (Wildman–Crippen MR) is 85.5 cm³/mol. The molecule has 1 aromatic carbocycles. The van der Waals surface area contributed by atoms with E-state index in [1.54, 1.807) is 0 Å². The number of hydrogen-bond donors (Lipinski definition) is 2. The molecule has 0 radical (unpaired) electrons. The summed E-state index contributed by atoms with van der Waals surface area (Å²) in [5, 5.41) is 6.18. The highest BCUT2D eigenvalue weighted by atomic mass is 16.2. The monoisotopic (exact) mass is 315 g/mol. The van der Waals surface area contributed by atoms with Crippen LogP contribution in [0.2, 0.25) is 0 Å². The molecule has 23 heavy (non-hydrogen) atoms. The lowest BCUT2D eigenvalue weighted by molar-refractivity contribution is -0.139. The summed E-state index contributed by atoms with van der Waals surface area (Å²) >= 11 is 0. The first kappa shape index (κ1) is 15.7. The van der Waals surface area contributed by atoms with Gasteiger partial charge in [0.2, 0.25) is 17.7 Å². The van der Waals surface area contributed by atoms with Crippen LogP contribution < -0.4 is 10.6 Å². The number of rotatable bonds is 4. The Morgan fingerprint density at radius 2 is 1.70 bits per heavy atom. The van der Waals surface area contributed by atoms with Gasteiger partial charge in [0, 0.05) is 24.4 Å². The largest absolute Gasteiger partial charge is 0.326 e. The Bertz CT molecular complexity index is 590. The molecule has 0 atom stereocenters. The molecule has 2 fully saturated rings. The highest BCUT2D eigenvalue weighted by molar-refractivity contribution is 6.01. The Labute approximate surface area is 135 Å². The number of anilines is 1. The number of imide groups is 1. The van der Waals surface area contributed by atoms with Gasteiger partial charge >= 0.3 is 0 Å². The van der Waals surface area contributed by atoms with E-state index in [4.69, 9.17) is 0 Å². The fourth-order valence-corrected chi connectivity index (χ4v) is 3.00. The van der Waals surface area contributed by atoms with Crippen LogP contribution in [-0.2, 0) is 20.9 Å². The van der Waals surface area contributed by atoms with E-state index in [9.17, 15) is 14.4 Å². The standard InChI is InChI=1S/C17H21N3O3/c21-15-5-6-16(22)20(15)11-12-1-3-14(4-2-12)19-17(23)13-7-9-18-10-8-13/h1-4,13,18H,5-11H2,(H,19,23). The molecule has 6 nitrogen and oxygen atoms in total. The van der Waals surface area contributed by atoms with Crippen LogP contribution in [0.4, 0.5) is 5.69 Å². The molecule has 0 bridgehead atoms. The SMILES string of the molecule is O=C(Nc1ccc(CN2C(=O)CCC2=O)cc1)C1CCNCC1. The average molecular weight is 315 g/mol. The van der Waals surface area contributed by atoms with Crippen molar-refractivity contribution in [2.24, 2.45) is 5.92 Å². The molecular formula is C17H21N3O3. The van der Waals surface area contributed by atoms with Crippen molar-refractivity contribution < 1.29 is 14.4 Å². The molecule has 0 unspecified atom stereocenters. The Hall–Kier alpha value is -2.21. The van der Waals surface area contributed by atoms with Gasteiger partial charge in [0.1, 0.15) is 0 Å². The molecule has 3 amide bonds. The number of likely N-dealkylation sites (tertiary alicyclic amines) is 1. The number of piperidine rings is 1. The van der Waals surface area contributed by atoms with Crippen LogP contribution >= 0.6 is 0 Å². The van der Waals surface area contributed by atoms with Gasteiger partial charge in [-0.05, 0) is 43.6 Å². The Balaban J connectivity index is 1.57. The van der Waals surface area contributed by atoms with Crippen molar-refractivity contribution in [3.63, 3.8) is 0 Å². The number of benzene rings is 1. The van der Waals surface area contributed by atoms with Crippen molar-refractivity contribution in [2.45, 2.75) is 32.2 Å². The summed E-state index contributed by atoms with van der Waals surface area (Å²) in [4.78, 5) is 36.7. The summed E-state index contributed by atoms with van der Waals surface area (Å²) in [5.41, 5.74) is 1.63. The van der Waals surface area contributed by atoms with Gasteiger partial charge in [-0.15, -0.1) is 0 Å². The summed E-state index contributed by atoms with van der Waals surface area (Å²) in [6.45, 7) is 2.07. The number of hydrogen-bond acceptors (Lipinski definition) is 4. The van der Waals surface area contributed by atoms with Crippen LogP contribution in [0.5, 0.6) is 0 Å². The maximum Gasteiger partial charge on any atom is 0.229 e. The molecule has 1 aromatic rings. The summed E-state index contributed by atoms with van der Waals surface area (Å²) in [6.07, 6.45) is 2.35. The summed E-state index contributed by atoms with van der Waals surface area (Å²) < 4.78 is 0. The van der Waals surface area contributed by atoms with E-state index < -0.39 is 0 Å². The zero-order valence-corrected chi connectivity index (χ0v) is 13.0. The third-order valence-electron chi connectivity index (χ3n) is 4.43. The zero-order chi connectivity index (χ0) is 16.2. The normalized spacial score (nSPS) is 19.2. The van der Waals surface area contributed by atoms with Crippen LogP contribution in [0.3, 0.4) is 0 Å². The minimum absolute atomic E-state index is 0.0594. The first-order chi connectivity index (χ1) is 11.1. The van der Waals surface area contributed by atoms with Crippen LogP contribution in [0.25, 0.3) is 0 Å². The lowest BCUT2D eigenvalue weighted by Crippen LogP contribution is -2.34. The van der Waals surface area contributed by atoms with Crippen molar-refractivity contribution in [2.75, 3.05) is 18.4 Å². The molecule has 2 aliphatic rings. The Kier molecular flexibility index (Phi) is 4.71. The third kappa shape index (κ3) is 3.76. The highest BCUT2D eigenvalue weighted by Gasteiger charge is 2.28. The second kappa shape index (κ2) is 6.91. The summed E-state index contributed by atoms with van der Waals surface area (Å²) in [7, 11) is 0. The number of nitrogens with one attached hydrogen (secondary N) is 2. The maximum absolute atomic E-state index is 12.2. The minimum atomic E-state index is -0.113. The molecule has 2 N–H and O–H groups in total. The van der Waals surface area contributed by atoms with Crippen molar-refractivity contribution in [1.82, 2.24) is 10.2 Å². The van der Waals surface area contributed by atoms with E-state index >= 15 is 0 Å². The minimum Gasteiger partial charge on any atom is -0.326 e. The molecule has 0 saturated carbocycles. The number of carbonyl (C=O) groups excluding carboxylic acids is 3. The second-order valence-corrected chi connectivity index (χ2v) is 6.08. The molecule has 2 aliphatic heterocycles. The fourth-order valence-electron chi connectivity index (χ4n) is 3.00. The number of nitrogens with zero attached hydrogens (tertiary/aromatic N) is 1. The van der Waals surface area contributed by atoms with E-state index in [0.717, 1.165) is 37.2 Å². The molecular weight excluding hydrogens is 294 g/mol. The van der Waals surface area contributed by atoms with Gasteiger partial charge < -0.3 is 10.6 Å². The van der Waals surface area contributed by atoms with Crippen LogP contribution in [-0.4, -0.2) is 35.7 Å². The second-order valence-electron chi connectivity index (χ2n) is 6.08. The van der Waals surface area contributed by atoms with Crippen molar-refractivity contribution in [3.8, 4) is 0 Å². The van der Waals surface area contributed by atoms with Crippen LogP contribution in [0.1, 0.15) is 31.2 Å². The molecule has 2 saturated heterocycles. The maximum atomic E-state index is 12.2. The van der Waals surface area contributed by atoms with Gasteiger partial charge in [-0.2, -0.15) is 0 Å². The van der Waals surface area contributed by atoms with E-state index in [1.165, 1.54) is 4.90 Å². The summed E-state index contributed by atoms with van der Waals surface area (Å²) in [5.74, 6) is -0.100. The third-order valence-corrected chi connectivity index (χ3v) is 4.43. The fraction of sp³-hybridized carbons (Fsp3) is 0.471. The first-order valence-electron chi connectivity index (χ1n) is 8.07. The van der Waals surface area contributed by atoms with E-state index in [-0.39, 0.29) is 23.6 Å². The molecule has 2 heterocycles. The Morgan fingerprint density at radius 1 is 1.09 bits per heavy atom. The van der Waals surface area contributed by atoms with Gasteiger partial charge in [-0.1, -0.05) is 12.1 Å². The van der Waals surface area contributed by atoms with Crippen molar-refractivity contribution in [3.05, 3.63) is 29.8 Å². The molecule has 0 spiro atoms. The van der Waals surface area contributed by atoms with Crippen molar-refractivity contribution in [1.29, 1.82) is 0 Å². The van der Waals surface area contributed by atoms with Gasteiger partial charge in [0.15, 0.2) is 0 Å². The van der Waals surface area contributed by atoms with Gasteiger partial charge in [-0.25, -0.2) is 0 Å². The molecule has 3 rings (SSSR count). The predicted octanol–water partition coefficient (Wildman–Crippen LogP) is 1.27. The first-order valence-corrected chi connectivity index (χ1v) is 8.07. The van der Waals surface area contributed by atoms with Gasteiger partial charge in [-0.3, -0.25) is 19.3 Å². The lowest BCUT2D eigenvalue weighted by Gasteiger charge is -2.21. The smallest absolute Gasteiger partial charge is 0.229 e. The molecule has 0 aromatic heterocycles. The average Bonchev–Trinajstić information content (AvgIpc) is 2.89. The van der Waals surface area contributed by atoms with Gasteiger partial charge in [0.25, 0.3) is 0 Å². The van der Waals surface area contributed by atoms with E-state index in [0.29, 0.717) is 19.4 Å². The van der Waals surface area contributed by atoms with E-state index in [2.05, 4.69) is 10.6 Å². The van der Waals surface area contributed by atoms with E-state index in [1.807, 2.05) is 24.3 Å². The number of amides is 3. The summed E-state index contributed by atoms with van der Waals surface area (Å²) in [6, 6.07) is 7.33. The molecule has 6 heteroatoms. The zero-order valence-electron chi connectivity index (χ0n) is 13.0. The van der Waals surface area contributed by atoms with Crippen molar-refractivity contribution >= 4 is 23.4 Å². The topological polar surface area (TPSA) is 78.5 Å². The van der Waals surface area contributed by atoms with Crippen LogP contribution in [0, 0.1) is 5.92 Å². The highest BCUT2D eigenvalue weighted by Crippen LogP contribution is 2.19. The molecule has 122 valence electrons. The lowest BCUT2D eigenvalue weighted by atomic mass is 9.97. The van der Waals surface area contributed by atoms with Crippen LogP contribution in [0.15, 0.2) is 24.3 Å². The molecule has 0 aliphatic carbocycles. The number of carbonyl (C=O) groups is 3.